The number of halogens is 1. The fourth-order valence-electron chi connectivity index (χ4n) is 2.24. The van der Waals surface area contributed by atoms with E-state index in [1.165, 1.54) is 6.21 Å². The van der Waals surface area contributed by atoms with Crippen LogP contribution in [-0.4, -0.2) is 21.8 Å². The number of aromatic nitrogens is 1. The molecule has 120 valence electrons. The van der Waals surface area contributed by atoms with Crippen LogP contribution in [0.5, 0.6) is 5.75 Å². The zero-order valence-electron chi connectivity index (χ0n) is 12.6. The zero-order valence-corrected chi connectivity index (χ0v) is 14.1. The number of hydrogen-bond donors (Lipinski definition) is 2. The summed E-state index contributed by atoms with van der Waals surface area (Å²) >= 11 is 3.32. The Morgan fingerprint density at radius 3 is 2.67 bits per heavy atom. The number of hydrogen-bond acceptors (Lipinski definition) is 3. The molecule has 0 aliphatic carbocycles. The molecule has 24 heavy (non-hydrogen) atoms. The van der Waals surface area contributed by atoms with Gasteiger partial charge >= 0.3 is 0 Å². The first-order valence-corrected chi connectivity index (χ1v) is 7.99. The molecule has 1 amide bonds. The van der Waals surface area contributed by atoms with Crippen molar-refractivity contribution in [3.05, 3.63) is 82.6 Å². The highest BCUT2D eigenvalue weighted by Gasteiger charge is 2.11. The van der Waals surface area contributed by atoms with Crippen LogP contribution in [-0.2, 0) is 0 Å². The molecule has 1 aromatic heterocycles. The van der Waals surface area contributed by atoms with Gasteiger partial charge in [0.05, 0.1) is 17.5 Å². The molecule has 0 aliphatic rings. The third-order valence-corrected chi connectivity index (χ3v) is 3.88. The molecule has 0 aliphatic heterocycles. The molecule has 3 rings (SSSR count). The summed E-state index contributed by atoms with van der Waals surface area (Å²) in [6.45, 7) is 0. The Bertz CT molecular complexity index is 889. The molecule has 5 nitrogen and oxygen atoms in total. The molecule has 0 spiro atoms. The van der Waals surface area contributed by atoms with Crippen molar-refractivity contribution in [2.75, 3.05) is 0 Å². The third kappa shape index (κ3) is 3.55. The SMILES string of the molecule is O=C(NN=Cc1cc(Br)ccc1O)c1ccccc1-n1cccc1. The highest BCUT2D eigenvalue weighted by molar-refractivity contribution is 9.10. The predicted molar refractivity (Wildman–Crippen MR) is 96.6 cm³/mol. The standard InChI is InChI=1S/C18H14BrN3O2/c19-14-7-8-17(23)13(11-14)12-20-21-18(24)15-5-1-2-6-16(15)22-9-3-4-10-22/h1-12,23H,(H,21,24). The van der Waals surface area contributed by atoms with Crippen LogP contribution in [0.15, 0.2) is 76.6 Å². The largest absolute Gasteiger partial charge is 0.507 e. The minimum absolute atomic E-state index is 0.0870. The quantitative estimate of drug-likeness (QED) is 0.532. The lowest BCUT2D eigenvalue weighted by molar-refractivity contribution is 0.0955. The molecule has 0 atom stereocenters. The smallest absolute Gasteiger partial charge is 0.273 e. The van der Waals surface area contributed by atoms with E-state index in [1.54, 1.807) is 30.3 Å². The first-order valence-electron chi connectivity index (χ1n) is 7.19. The molecule has 0 fully saturated rings. The Morgan fingerprint density at radius 2 is 1.88 bits per heavy atom. The summed E-state index contributed by atoms with van der Waals surface area (Å²) in [7, 11) is 0. The maximum absolute atomic E-state index is 12.4. The molecular formula is C18H14BrN3O2. The van der Waals surface area contributed by atoms with Crippen LogP contribution in [0.25, 0.3) is 5.69 Å². The number of nitrogens with zero attached hydrogens (tertiary/aromatic N) is 2. The number of carbonyl (C=O) groups is 1. The van der Waals surface area contributed by atoms with Crippen molar-refractivity contribution in [3.8, 4) is 11.4 Å². The van der Waals surface area contributed by atoms with Gasteiger partial charge in [0.1, 0.15) is 5.75 Å². The normalized spacial score (nSPS) is 10.9. The van der Waals surface area contributed by atoms with Crippen molar-refractivity contribution in [1.29, 1.82) is 0 Å². The maximum Gasteiger partial charge on any atom is 0.273 e. The fourth-order valence-corrected chi connectivity index (χ4v) is 2.61. The van der Waals surface area contributed by atoms with Crippen LogP contribution in [0.1, 0.15) is 15.9 Å². The molecule has 0 bridgehead atoms. The minimum atomic E-state index is -0.329. The first-order chi connectivity index (χ1) is 11.6. The zero-order chi connectivity index (χ0) is 16.9. The Balaban J connectivity index is 1.79. The van der Waals surface area contributed by atoms with Crippen molar-refractivity contribution in [1.82, 2.24) is 9.99 Å². The van der Waals surface area contributed by atoms with Gasteiger partial charge in [-0.25, -0.2) is 5.43 Å². The van der Waals surface area contributed by atoms with Crippen molar-refractivity contribution in [2.24, 2.45) is 5.10 Å². The molecule has 2 aromatic carbocycles. The number of para-hydroxylation sites is 1. The number of hydrazone groups is 1. The van der Waals surface area contributed by atoms with Crippen LogP contribution < -0.4 is 5.43 Å². The summed E-state index contributed by atoms with van der Waals surface area (Å²) in [5, 5.41) is 13.7. The summed E-state index contributed by atoms with van der Waals surface area (Å²) in [5.74, 6) is -0.242. The summed E-state index contributed by atoms with van der Waals surface area (Å²) < 4.78 is 2.67. The van der Waals surface area contributed by atoms with Gasteiger partial charge in [0, 0.05) is 22.4 Å². The number of amides is 1. The number of phenols is 1. The Labute approximate surface area is 147 Å². The van der Waals surface area contributed by atoms with Crippen molar-refractivity contribution in [2.45, 2.75) is 0 Å². The van der Waals surface area contributed by atoms with Crippen LogP contribution in [0.3, 0.4) is 0 Å². The number of aromatic hydroxyl groups is 1. The Kier molecular flexibility index (Phi) is 4.77. The molecular weight excluding hydrogens is 370 g/mol. The van der Waals surface area contributed by atoms with Gasteiger partial charge in [0.25, 0.3) is 5.91 Å². The number of carbonyl (C=O) groups excluding carboxylic acids is 1. The van der Waals surface area contributed by atoms with E-state index in [4.69, 9.17) is 0 Å². The Morgan fingerprint density at radius 1 is 1.12 bits per heavy atom. The average Bonchev–Trinajstić information content (AvgIpc) is 3.12. The van der Waals surface area contributed by atoms with E-state index < -0.39 is 0 Å². The molecule has 3 aromatic rings. The van der Waals surface area contributed by atoms with E-state index in [9.17, 15) is 9.90 Å². The van der Waals surface area contributed by atoms with E-state index in [-0.39, 0.29) is 11.7 Å². The van der Waals surface area contributed by atoms with Gasteiger partial charge in [0.2, 0.25) is 0 Å². The molecule has 0 saturated carbocycles. The maximum atomic E-state index is 12.4. The third-order valence-electron chi connectivity index (χ3n) is 3.39. The Hall–Kier alpha value is -2.86. The number of phenolic OH excluding ortho intramolecular Hbond substituents is 1. The van der Waals surface area contributed by atoms with Crippen molar-refractivity contribution >= 4 is 28.1 Å². The van der Waals surface area contributed by atoms with Crippen LogP contribution in [0.4, 0.5) is 0 Å². The summed E-state index contributed by atoms with van der Waals surface area (Å²) in [5.41, 5.74) is 4.26. The van der Waals surface area contributed by atoms with E-state index in [0.717, 1.165) is 10.2 Å². The molecule has 0 radical (unpaired) electrons. The van der Waals surface area contributed by atoms with Gasteiger partial charge in [-0.1, -0.05) is 28.1 Å². The summed E-state index contributed by atoms with van der Waals surface area (Å²) in [6, 6.07) is 16.0. The fraction of sp³-hybridized carbons (Fsp3) is 0. The molecule has 6 heteroatoms. The van der Waals surface area contributed by atoms with Crippen molar-refractivity contribution in [3.63, 3.8) is 0 Å². The lowest BCUT2D eigenvalue weighted by atomic mass is 10.1. The monoisotopic (exact) mass is 383 g/mol. The van der Waals surface area contributed by atoms with E-state index >= 15 is 0 Å². The van der Waals surface area contributed by atoms with E-state index in [0.29, 0.717) is 11.1 Å². The second-order valence-electron chi connectivity index (χ2n) is 5.01. The lowest BCUT2D eigenvalue weighted by Gasteiger charge is -2.09. The second-order valence-corrected chi connectivity index (χ2v) is 5.93. The highest BCUT2D eigenvalue weighted by atomic mass is 79.9. The summed E-state index contributed by atoms with van der Waals surface area (Å²) in [6.07, 6.45) is 5.14. The van der Waals surface area contributed by atoms with Gasteiger partial charge in [-0.15, -0.1) is 0 Å². The molecule has 2 N–H and O–H groups in total. The summed E-state index contributed by atoms with van der Waals surface area (Å²) in [4.78, 5) is 12.4. The topological polar surface area (TPSA) is 66.6 Å². The van der Waals surface area contributed by atoms with E-state index in [2.05, 4.69) is 26.5 Å². The van der Waals surface area contributed by atoms with Gasteiger partial charge < -0.3 is 9.67 Å². The van der Waals surface area contributed by atoms with Crippen molar-refractivity contribution < 1.29 is 9.90 Å². The van der Waals surface area contributed by atoms with Gasteiger partial charge in [-0.05, 0) is 42.5 Å². The molecule has 0 unspecified atom stereocenters. The molecule has 0 saturated heterocycles. The lowest BCUT2D eigenvalue weighted by Crippen LogP contribution is -2.19. The van der Waals surface area contributed by atoms with Crippen LogP contribution in [0.2, 0.25) is 0 Å². The minimum Gasteiger partial charge on any atom is -0.507 e. The number of nitrogens with one attached hydrogen (secondary N) is 1. The average molecular weight is 384 g/mol. The van der Waals surface area contributed by atoms with Gasteiger partial charge in [-0.3, -0.25) is 4.79 Å². The van der Waals surface area contributed by atoms with Gasteiger partial charge in [0.15, 0.2) is 0 Å². The highest BCUT2D eigenvalue weighted by Crippen LogP contribution is 2.20. The first kappa shape index (κ1) is 16.0. The number of rotatable bonds is 4. The predicted octanol–water partition coefficient (Wildman–Crippen LogP) is 3.71. The van der Waals surface area contributed by atoms with Crippen LogP contribution in [0, 0.1) is 0 Å². The van der Waals surface area contributed by atoms with Gasteiger partial charge in [-0.2, -0.15) is 5.10 Å². The molecule has 1 heterocycles. The number of benzene rings is 2. The second kappa shape index (κ2) is 7.14. The van der Waals surface area contributed by atoms with E-state index in [1.807, 2.05) is 41.2 Å². The van der Waals surface area contributed by atoms with Crippen LogP contribution >= 0.6 is 15.9 Å².